The Morgan fingerprint density at radius 1 is 1.18 bits per heavy atom. The molecule has 0 saturated carbocycles. The predicted octanol–water partition coefficient (Wildman–Crippen LogP) is 4.06. The van der Waals surface area contributed by atoms with Crippen molar-refractivity contribution < 1.29 is 9.72 Å². The molecule has 0 fully saturated rings. The summed E-state index contributed by atoms with van der Waals surface area (Å²) in [6, 6.07) is 5.43. The van der Waals surface area contributed by atoms with Gasteiger partial charge in [0, 0.05) is 23.9 Å². The summed E-state index contributed by atoms with van der Waals surface area (Å²) in [7, 11) is 0. The molecule has 120 valence electrons. The molecule has 0 saturated heterocycles. The number of unbranched alkanes of at least 4 members (excludes halogenated alkanes) is 6. The molecule has 0 aliphatic heterocycles. The first-order valence-corrected chi connectivity index (χ1v) is 7.71. The molecular formula is C16H23N3O3. The molecule has 0 aromatic heterocycles. The second-order valence-corrected chi connectivity index (χ2v) is 5.11. The van der Waals surface area contributed by atoms with Gasteiger partial charge in [-0.1, -0.05) is 39.0 Å². The van der Waals surface area contributed by atoms with Gasteiger partial charge in [0.15, 0.2) is 0 Å². The molecule has 6 heteroatoms. The van der Waals surface area contributed by atoms with E-state index in [0.717, 1.165) is 12.8 Å². The van der Waals surface area contributed by atoms with Gasteiger partial charge in [-0.3, -0.25) is 14.9 Å². The Kier molecular flexibility index (Phi) is 8.49. The fourth-order valence-electron chi connectivity index (χ4n) is 1.98. The van der Waals surface area contributed by atoms with Gasteiger partial charge in [-0.25, -0.2) is 5.43 Å². The summed E-state index contributed by atoms with van der Waals surface area (Å²) in [6.45, 7) is 2.19. The van der Waals surface area contributed by atoms with Gasteiger partial charge in [0.25, 0.3) is 11.6 Å². The zero-order chi connectivity index (χ0) is 16.2. The molecule has 22 heavy (non-hydrogen) atoms. The largest absolute Gasteiger partial charge is 0.271 e. The first-order valence-electron chi connectivity index (χ1n) is 7.71. The Labute approximate surface area is 130 Å². The van der Waals surface area contributed by atoms with Crippen molar-refractivity contribution in [3.8, 4) is 0 Å². The number of carbonyl (C=O) groups excluding carboxylic acids is 1. The third-order valence-electron chi connectivity index (χ3n) is 3.28. The van der Waals surface area contributed by atoms with Crippen LogP contribution in [0.3, 0.4) is 0 Å². The number of amides is 1. The van der Waals surface area contributed by atoms with E-state index in [4.69, 9.17) is 0 Å². The van der Waals surface area contributed by atoms with Gasteiger partial charge in [0.1, 0.15) is 0 Å². The molecule has 0 radical (unpaired) electrons. The van der Waals surface area contributed by atoms with Gasteiger partial charge >= 0.3 is 0 Å². The first-order chi connectivity index (χ1) is 10.6. The lowest BCUT2D eigenvalue weighted by Crippen LogP contribution is -2.17. The number of hydrogen-bond acceptors (Lipinski definition) is 4. The van der Waals surface area contributed by atoms with Crippen molar-refractivity contribution in [2.24, 2.45) is 5.10 Å². The summed E-state index contributed by atoms with van der Waals surface area (Å²) in [5.74, 6) is -0.367. The van der Waals surface area contributed by atoms with Crippen LogP contribution < -0.4 is 5.43 Å². The number of hydrazone groups is 1. The topological polar surface area (TPSA) is 84.6 Å². The molecule has 0 aliphatic rings. The van der Waals surface area contributed by atoms with Crippen molar-refractivity contribution >= 4 is 17.8 Å². The van der Waals surface area contributed by atoms with Gasteiger partial charge in [-0.05, 0) is 25.0 Å². The van der Waals surface area contributed by atoms with E-state index in [1.165, 1.54) is 56.4 Å². The van der Waals surface area contributed by atoms with Gasteiger partial charge in [0.05, 0.1) is 4.92 Å². The minimum absolute atomic E-state index is 0.0388. The van der Waals surface area contributed by atoms with E-state index in [1.807, 2.05) is 0 Å². The summed E-state index contributed by atoms with van der Waals surface area (Å²) >= 11 is 0. The maximum atomic E-state index is 11.7. The molecule has 0 unspecified atom stereocenters. The SMILES string of the molecule is CCCCCCCCC=NNC(=O)c1ccc([N+](=O)[O-])cc1. The third kappa shape index (κ3) is 6.97. The summed E-state index contributed by atoms with van der Waals surface area (Å²) in [5.41, 5.74) is 2.73. The third-order valence-corrected chi connectivity index (χ3v) is 3.28. The van der Waals surface area contributed by atoms with Crippen LogP contribution in [0.1, 0.15) is 62.2 Å². The highest BCUT2D eigenvalue weighted by atomic mass is 16.6. The normalized spacial score (nSPS) is 10.8. The van der Waals surface area contributed by atoms with E-state index in [1.54, 1.807) is 6.21 Å². The van der Waals surface area contributed by atoms with E-state index in [2.05, 4.69) is 17.5 Å². The lowest BCUT2D eigenvalue weighted by molar-refractivity contribution is -0.384. The van der Waals surface area contributed by atoms with Crippen molar-refractivity contribution in [1.82, 2.24) is 5.43 Å². The van der Waals surface area contributed by atoms with Crippen LogP contribution in [0, 0.1) is 10.1 Å². The summed E-state index contributed by atoms with van der Waals surface area (Å²) in [4.78, 5) is 21.8. The highest BCUT2D eigenvalue weighted by molar-refractivity contribution is 5.94. The summed E-state index contributed by atoms with van der Waals surface area (Å²) in [5, 5.41) is 14.4. The standard InChI is InChI=1S/C16H23N3O3/c1-2-3-4-5-6-7-8-13-17-18-16(20)14-9-11-15(12-10-14)19(21)22/h9-13H,2-8H2,1H3,(H,18,20). The molecule has 0 heterocycles. The van der Waals surface area contributed by atoms with Crippen LogP contribution in [0.4, 0.5) is 5.69 Å². The Morgan fingerprint density at radius 3 is 2.45 bits per heavy atom. The minimum atomic E-state index is -0.500. The number of rotatable bonds is 10. The van der Waals surface area contributed by atoms with E-state index < -0.39 is 4.92 Å². The quantitative estimate of drug-likeness (QED) is 0.306. The van der Waals surface area contributed by atoms with Crippen LogP contribution in [-0.2, 0) is 0 Å². The fraction of sp³-hybridized carbons (Fsp3) is 0.500. The highest BCUT2D eigenvalue weighted by Crippen LogP contribution is 2.11. The van der Waals surface area contributed by atoms with E-state index in [9.17, 15) is 14.9 Å². The number of nitrogens with one attached hydrogen (secondary N) is 1. The molecule has 0 bridgehead atoms. The average Bonchev–Trinajstić information content (AvgIpc) is 2.53. The fourth-order valence-corrected chi connectivity index (χ4v) is 1.98. The molecule has 1 aromatic rings. The van der Waals surface area contributed by atoms with Gasteiger partial charge in [0.2, 0.25) is 0 Å². The van der Waals surface area contributed by atoms with E-state index >= 15 is 0 Å². The molecular weight excluding hydrogens is 282 g/mol. The number of carbonyl (C=O) groups is 1. The van der Waals surface area contributed by atoms with Crippen LogP contribution in [0.25, 0.3) is 0 Å². The number of benzene rings is 1. The maximum Gasteiger partial charge on any atom is 0.271 e. The molecule has 0 aliphatic carbocycles. The van der Waals surface area contributed by atoms with Crippen LogP contribution >= 0.6 is 0 Å². The minimum Gasteiger partial charge on any atom is -0.267 e. The predicted molar refractivity (Wildman–Crippen MR) is 87.0 cm³/mol. The lowest BCUT2D eigenvalue weighted by Gasteiger charge is -2.00. The number of non-ortho nitro benzene ring substituents is 1. The number of nitro groups is 1. The maximum absolute atomic E-state index is 11.7. The summed E-state index contributed by atoms with van der Waals surface area (Å²) < 4.78 is 0. The van der Waals surface area contributed by atoms with Crippen molar-refractivity contribution in [3.05, 3.63) is 39.9 Å². The smallest absolute Gasteiger partial charge is 0.267 e. The number of hydrogen-bond donors (Lipinski definition) is 1. The Hall–Kier alpha value is -2.24. The molecule has 6 nitrogen and oxygen atoms in total. The molecule has 1 N–H and O–H groups in total. The van der Waals surface area contributed by atoms with E-state index in [-0.39, 0.29) is 11.6 Å². The Bertz CT molecular complexity index is 498. The van der Waals surface area contributed by atoms with Crippen LogP contribution in [0.5, 0.6) is 0 Å². The number of nitro benzene ring substituents is 1. The zero-order valence-electron chi connectivity index (χ0n) is 13.0. The molecule has 0 atom stereocenters. The highest BCUT2D eigenvalue weighted by Gasteiger charge is 2.08. The van der Waals surface area contributed by atoms with Gasteiger partial charge < -0.3 is 0 Å². The van der Waals surface area contributed by atoms with Crippen molar-refractivity contribution in [2.45, 2.75) is 51.9 Å². The summed E-state index contributed by atoms with van der Waals surface area (Å²) in [6.07, 6.45) is 9.86. The van der Waals surface area contributed by atoms with Crippen LogP contribution in [0.15, 0.2) is 29.4 Å². The molecule has 1 aromatic carbocycles. The molecule has 0 spiro atoms. The average molecular weight is 305 g/mol. The second-order valence-electron chi connectivity index (χ2n) is 5.11. The lowest BCUT2D eigenvalue weighted by atomic mass is 10.1. The van der Waals surface area contributed by atoms with E-state index in [0.29, 0.717) is 5.56 Å². The Balaban J connectivity index is 2.22. The van der Waals surface area contributed by atoms with Gasteiger partial charge in [-0.15, -0.1) is 0 Å². The second kappa shape index (κ2) is 10.5. The van der Waals surface area contributed by atoms with Crippen LogP contribution in [0.2, 0.25) is 0 Å². The monoisotopic (exact) mass is 305 g/mol. The van der Waals surface area contributed by atoms with Crippen LogP contribution in [-0.4, -0.2) is 17.0 Å². The van der Waals surface area contributed by atoms with Gasteiger partial charge in [-0.2, -0.15) is 5.10 Å². The van der Waals surface area contributed by atoms with Crippen molar-refractivity contribution in [3.63, 3.8) is 0 Å². The molecule has 1 rings (SSSR count). The first kappa shape index (κ1) is 17.8. The zero-order valence-corrected chi connectivity index (χ0v) is 13.0. The molecule has 1 amide bonds. The van der Waals surface area contributed by atoms with Crippen molar-refractivity contribution in [1.29, 1.82) is 0 Å². The van der Waals surface area contributed by atoms with Crippen molar-refractivity contribution in [2.75, 3.05) is 0 Å². The Morgan fingerprint density at radius 2 is 1.82 bits per heavy atom. The number of nitrogens with zero attached hydrogens (tertiary/aromatic N) is 2.